The summed E-state index contributed by atoms with van der Waals surface area (Å²) in [5, 5.41) is 9.03. The van der Waals surface area contributed by atoms with E-state index in [2.05, 4.69) is 42.2 Å². The van der Waals surface area contributed by atoms with Crippen molar-refractivity contribution in [1.29, 1.82) is 0 Å². The molecule has 4 aromatic rings. The molecule has 31 heavy (non-hydrogen) atoms. The number of aromatic nitrogens is 3. The molecule has 0 aliphatic carbocycles. The number of benzene rings is 3. The van der Waals surface area contributed by atoms with Gasteiger partial charge >= 0.3 is 5.97 Å². The quantitative estimate of drug-likeness (QED) is 0.297. The Morgan fingerprint density at radius 2 is 1.58 bits per heavy atom. The van der Waals surface area contributed by atoms with E-state index in [0.717, 1.165) is 22.6 Å². The maximum absolute atomic E-state index is 12.6. The molecule has 0 saturated heterocycles. The highest BCUT2D eigenvalue weighted by atomic mass is 32.2. The van der Waals surface area contributed by atoms with Crippen LogP contribution in [0.2, 0.25) is 0 Å². The van der Waals surface area contributed by atoms with E-state index >= 15 is 0 Å². The van der Waals surface area contributed by atoms with Crippen LogP contribution in [0.1, 0.15) is 21.9 Å². The van der Waals surface area contributed by atoms with E-state index < -0.39 is 5.25 Å². The topological polar surface area (TPSA) is 57.0 Å². The molecule has 3 aromatic carbocycles. The Bertz CT molecular complexity index is 1190. The predicted octanol–water partition coefficient (Wildman–Crippen LogP) is 5.56. The van der Waals surface area contributed by atoms with Crippen molar-refractivity contribution in [2.45, 2.75) is 24.3 Å². The molecular weight excluding hydrogens is 406 g/mol. The van der Waals surface area contributed by atoms with Crippen LogP contribution in [0.4, 0.5) is 0 Å². The first-order valence-electron chi connectivity index (χ1n) is 9.96. The molecule has 156 valence electrons. The molecule has 0 radical (unpaired) electrons. The fourth-order valence-corrected chi connectivity index (χ4v) is 4.39. The SMILES string of the molecule is COC(=O)[C@@H](Sc1nnc(-c2ccccc2)n1-c1ccc(C)c(C)c1)c1ccccc1. The summed E-state index contributed by atoms with van der Waals surface area (Å²) in [5.74, 6) is 0.398. The third-order valence-electron chi connectivity index (χ3n) is 5.15. The molecule has 1 heterocycles. The van der Waals surface area contributed by atoms with Crippen molar-refractivity contribution in [3.8, 4) is 17.1 Å². The number of aryl methyl sites for hydroxylation is 2. The Kier molecular flexibility index (Phi) is 6.18. The molecule has 1 atom stereocenters. The first-order valence-corrected chi connectivity index (χ1v) is 10.8. The van der Waals surface area contributed by atoms with Gasteiger partial charge in [-0.05, 0) is 42.7 Å². The summed E-state index contributed by atoms with van der Waals surface area (Å²) in [6.07, 6.45) is 0. The molecule has 0 N–H and O–H groups in total. The lowest BCUT2D eigenvalue weighted by Gasteiger charge is -2.16. The molecule has 0 unspecified atom stereocenters. The highest BCUT2D eigenvalue weighted by Crippen LogP contribution is 2.38. The van der Waals surface area contributed by atoms with Gasteiger partial charge in [0, 0.05) is 5.56 Å². The van der Waals surface area contributed by atoms with E-state index in [1.54, 1.807) is 0 Å². The summed E-state index contributed by atoms with van der Waals surface area (Å²) in [7, 11) is 1.41. The van der Waals surface area contributed by atoms with Gasteiger partial charge in [-0.3, -0.25) is 9.36 Å². The average Bonchev–Trinajstić information content (AvgIpc) is 3.23. The zero-order valence-electron chi connectivity index (χ0n) is 17.6. The van der Waals surface area contributed by atoms with Gasteiger partial charge in [0.25, 0.3) is 0 Å². The van der Waals surface area contributed by atoms with E-state index in [4.69, 9.17) is 4.74 Å². The fraction of sp³-hybridized carbons (Fsp3) is 0.160. The summed E-state index contributed by atoms with van der Waals surface area (Å²) in [6, 6.07) is 25.8. The largest absolute Gasteiger partial charge is 0.468 e. The number of hydrogen-bond acceptors (Lipinski definition) is 5. The number of esters is 1. The van der Waals surface area contributed by atoms with Crippen LogP contribution < -0.4 is 0 Å². The Labute approximate surface area is 186 Å². The van der Waals surface area contributed by atoms with Gasteiger partial charge in [-0.15, -0.1) is 10.2 Å². The Morgan fingerprint density at radius 1 is 0.903 bits per heavy atom. The van der Waals surface area contributed by atoms with E-state index in [0.29, 0.717) is 5.16 Å². The van der Waals surface area contributed by atoms with Crippen molar-refractivity contribution in [2.24, 2.45) is 0 Å². The smallest absolute Gasteiger partial charge is 0.323 e. The zero-order chi connectivity index (χ0) is 21.8. The number of nitrogens with zero attached hydrogens (tertiary/aromatic N) is 3. The first kappa shape index (κ1) is 20.9. The molecule has 0 amide bonds. The summed E-state index contributed by atoms with van der Waals surface area (Å²) < 4.78 is 7.10. The van der Waals surface area contributed by atoms with Gasteiger partial charge < -0.3 is 4.74 Å². The van der Waals surface area contributed by atoms with Gasteiger partial charge in [-0.1, -0.05) is 78.5 Å². The maximum atomic E-state index is 12.6. The van der Waals surface area contributed by atoms with Crippen molar-refractivity contribution in [2.75, 3.05) is 7.11 Å². The third-order valence-corrected chi connectivity index (χ3v) is 6.33. The lowest BCUT2D eigenvalue weighted by atomic mass is 10.1. The highest BCUT2D eigenvalue weighted by Gasteiger charge is 2.27. The summed E-state index contributed by atoms with van der Waals surface area (Å²) in [4.78, 5) is 12.6. The second-order valence-corrected chi connectivity index (χ2v) is 8.28. The summed E-state index contributed by atoms with van der Waals surface area (Å²) in [6.45, 7) is 4.17. The number of ether oxygens (including phenoxy) is 1. The minimum absolute atomic E-state index is 0.327. The average molecular weight is 430 g/mol. The van der Waals surface area contributed by atoms with Crippen molar-refractivity contribution in [3.05, 3.63) is 95.6 Å². The van der Waals surface area contributed by atoms with Gasteiger partial charge in [-0.25, -0.2) is 0 Å². The van der Waals surface area contributed by atoms with Crippen LogP contribution >= 0.6 is 11.8 Å². The molecule has 0 aliphatic heterocycles. The minimum Gasteiger partial charge on any atom is -0.468 e. The number of carbonyl (C=O) groups excluding carboxylic acids is 1. The lowest BCUT2D eigenvalue weighted by molar-refractivity contribution is -0.140. The second kappa shape index (κ2) is 9.18. The van der Waals surface area contributed by atoms with Crippen molar-refractivity contribution >= 4 is 17.7 Å². The van der Waals surface area contributed by atoms with E-state index in [1.165, 1.54) is 30.0 Å². The maximum Gasteiger partial charge on any atom is 0.323 e. The number of methoxy groups -OCH3 is 1. The number of carbonyl (C=O) groups is 1. The molecule has 6 heteroatoms. The normalized spacial score (nSPS) is 11.8. The van der Waals surface area contributed by atoms with Gasteiger partial charge in [0.15, 0.2) is 11.0 Å². The number of rotatable bonds is 6. The third kappa shape index (κ3) is 4.39. The first-order chi connectivity index (χ1) is 15.1. The minimum atomic E-state index is -0.552. The van der Waals surface area contributed by atoms with Crippen LogP contribution in [0, 0.1) is 13.8 Å². The Hall–Kier alpha value is -3.38. The molecule has 4 rings (SSSR count). The number of hydrogen-bond donors (Lipinski definition) is 0. The summed E-state index contributed by atoms with van der Waals surface area (Å²) in [5.41, 5.74) is 5.15. The molecule has 0 fully saturated rings. The van der Waals surface area contributed by atoms with Crippen LogP contribution in [0.25, 0.3) is 17.1 Å². The van der Waals surface area contributed by atoms with Crippen LogP contribution in [-0.2, 0) is 9.53 Å². The molecule has 5 nitrogen and oxygen atoms in total. The van der Waals surface area contributed by atoms with Gasteiger partial charge in [0.05, 0.1) is 12.8 Å². The van der Waals surface area contributed by atoms with E-state index in [1.807, 2.05) is 65.2 Å². The molecule has 0 aliphatic rings. The van der Waals surface area contributed by atoms with Crippen LogP contribution in [-0.4, -0.2) is 27.8 Å². The van der Waals surface area contributed by atoms with Gasteiger partial charge in [0.1, 0.15) is 5.25 Å². The van der Waals surface area contributed by atoms with Crippen LogP contribution in [0.15, 0.2) is 84.0 Å². The highest BCUT2D eigenvalue weighted by molar-refractivity contribution is 8.00. The zero-order valence-corrected chi connectivity index (χ0v) is 18.5. The van der Waals surface area contributed by atoms with Gasteiger partial charge in [-0.2, -0.15) is 0 Å². The number of thioether (sulfide) groups is 1. The molecule has 0 saturated carbocycles. The second-order valence-electron chi connectivity index (χ2n) is 7.21. The van der Waals surface area contributed by atoms with Gasteiger partial charge in [0.2, 0.25) is 0 Å². The van der Waals surface area contributed by atoms with Crippen LogP contribution in [0.3, 0.4) is 0 Å². The molecular formula is C25H23N3O2S. The predicted molar refractivity (Wildman–Crippen MR) is 123 cm³/mol. The van der Waals surface area contributed by atoms with E-state index in [9.17, 15) is 4.79 Å². The molecule has 1 aromatic heterocycles. The fourth-order valence-electron chi connectivity index (χ4n) is 3.31. The van der Waals surface area contributed by atoms with Crippen LogP contribution in [0.5, 0.6) is 0 Å². The Balaban J connectivity index is 1.85. The monoisotopic (exact) mass is 429 g/mol. The van der Waals surface area contributed by atoms with Crippen molar-refractivity contribution in [1.82, 2.24) is 14.8 Å². The van der Waals surface area contributed by atoms with Crippen molar-refractivity contribution < 1.29 is 9.53 Å². The summed E-state index contributed by atoms with van der Waals surface area (Å²) >= 11 is 1.34. The molecule has 0 bridgehead atoms. The lowest BCUT2D eigenvalue weighted by Crippen LogP contribution is -2.12. The Morgan fingerprint density at radius 3 is 2.23 bits per heavy atom. The standard InChI is InChI=1S/C25H23N3O2S/c1-17-14-15-21(16-18(17)2)28-23(20-12-8-5-9-13-20)26-27-25(28)31-22(24(29)30-3)19-10-6-4-7-11-19/h4-16,22H,1-3H3/t22-/m0/s1. The van der Waals surface area contributed by atoms with E-state index in [-0.39, 0.29) is 5.97 Å². The molecule has 0 spiro atoms. The van der Waals surface area contributed by atoms with Crippen molar-refractivity contribution in [3.63, 3.8) is 0 Å².